The first-order valence-electron chi connectivity index (χ1n) is 7.40. The minimum atomic E-state index is -3.60. The van der Waals surface area contributed by atoms with E-state index >= 15 is 0 Å². The molecule has 1 aliphatic heterocycles. The van der Waals surface area contributed by atoms with Crippen molar-refractivity contribution in [3.8, 4) is 0 Å². The van der Waals surface area contributed by atoms with Crippen LogP contribution in [0.4, 0.5) is 0 Å². The standard InChI is InChI=1S/C17H16N2O3S/c20-17-13-6-2-4-8-16(13)23(21,22)19-15(17)9-11-10-18-14-7-3-1-5-12(11)14/h1-8,10,15,17-20H,9H2/t15-,17-/m0/s1. The van der Waals surface area contributed by atoms with E-state index in [-0.39, 0.29) is 4.90 Å². The number of hydrogen-bond donors (Lipinski definition) is 3. The topological polar surface area (TPSA) is 82.2 Å². The lowest BCUT2D eigenvalue weighted by atomic mass is 9.96. The number of benzene rings is 2. The minimum absolute atomic E-state index is 0.155. The molecule has 118 valence electrons. The molecule has 3 aromatic rings. The van der Waals surface area contributed by atoms with E-state index in [1.807, 2.05) is 30.5 Å². The number of nitrogens with one attached hydrogen (secondary N) is 2. The first-order chi connectivity index (χ1) is 11.1. The molecule has 1 aromatic heterocycles. The molecule has 3 N–H and O–H groups in total. The van der Waals surface area contributed by atoms with Gasteiger partial charge in [0.2, 0.25) is 10.0 Å². The van der Waals surface area contributed by atoms with Crippen LogP contribution in [0.5, 0.6) is 0 Å². The van der Waals surface area contributed by atoms with Crippen LogP contribution in [0.1, 0.15) is 17.2 Å². The Balaban J connectivity index is 1.73. The van der Waals surface area contributed by atoms with Crippen LogP contribution in [-0.4, -0.2) is 24.6 Å². The summed E-state index contributed by atoms with van der Waals surface area (Å²) in [6, 6.07) is 13.8. The highest BCUT2D eigenvalue weighted by Crippen LogP contribution is 2.32. The van der Waals surface area contributed by atoms with Gasteiger partial charge < -0.3 is 10.1 Å². The van der Waals surface area contributed by atoms with E-state index in [0.29, 0.717) is 12.0 Å². The molecule has 6 heteroatoms. The van der Waals surface area contributed by atoms with Crippen molar-refractivity contribution in [2.75, 3.05) is 0 Å². The molecule has 2 aromatic carbocycles. The van der Waals surface area contributed by atoms with Crippen molar-refractivity contribution in [3.63, 3.8) is 0 Å². The Labute approximate surface area is 134 Å². The zero-order valence-electron chi connectivity index (χ0n) is 12.2. The molecular formula is C17H16N2O3S. The number of sulfonamides is 1. The number of H-pyrrole nitrogens is 1. The first-order valence-corrected chi connectivity index (χ1v) is 8.89. The zero-order chi connectivity index (χ0) is 16.0. The van der Waals surface area contributed by atoms with Gasteiger partial charge in [0.1, 0.15) is 0 Å². The highest BCUT2D eigenvalue weighted by molar-refractivity contribution is 7.89. The summed E-state index contributed by atoms with van der Waals surface area (Å²) < 4.78 is 27.4. The lowest BCUT2D eigenvalue weighted by Crippen LogP contribution is -2.45. The normalized spacial score (nSPS) is 22.8. The average molecular weight is 328 g/mol. The molecule has 0 saturated heterocycles. The van der Waals surface area contributed by atoms with Crippen molar-refractivity contribution in [2.45, 2.75) is 23.5 Å². The second kappa shape index (κ2) is 5.19. The van der Waals surface area contributed by atoms with E-state index < -0.39 is 22.2 Å². The van der Waals surface area contributed by atoms with Crippen LogP contribution in [0, 0.1) is 0 Å². The number of aliphatic hydroxyl groups excluding tert-OH is 1. The maximum Gasteiger partial charge on any atom is 0.241 e. The van der Waals surface area contributed by atoms with Gasteiger partial charge in [-0.05, 0) is 24.1 Å². The van der Waals surface area contributed by atoms with Crippen molar-refractivity contribution >= 4 is 20.9 Å². The summed E-state index contributed by atoms with van der Waals surface area (Å²) in [5.41, 5.74) is 2.43. The SMILES string of the molecule is O=S1(=O)N[C@@H](Cc2c[nH]c3ccccc23)[C@@H](O)c2ccccc21. The van der Waals surface area contributed by atoms with E-state index in [2.05, 4.69) is 9.71 Å². The lowest BCUT2D eigenvalue weighted by Gasteiger charge is -2.30. The monoisotopic (exact) mass is 328 g/mol. The molecule has 0 unspecified atom stereocenters. The molecule has 23 heavy (non-hydrogen) atoms. The molecule has 1 aliphatic rings. The van der Waals surface area contributed by atoms with Crippen molar-refractivity contribution in [2.24, 2.45) is 0 Å². The van der Waals surface area contributed by atoms with Gasteiger partial charge in [-0.3, -0.25) is 0 Å². The Kier molecular flexibility index (Phi) is 3.26. The maximum atomic E-state index is 12.4. The molecule has 2 atom stereocenters. The smallest absolute Gasteiger partial charge is 0.241 e. The highest BCUT2D eigenvalue weighted by Gasteiger charge is 2.36. The Morgan fingerprint density at radius 2 is 1.78 bits per heavy atom. The Hall–Kier alpha value is -2.15. The van der Waals surface area contributed by atoms with Gasteiger partial charge in [-0.15, -0.1) is 0 Å². The Morgan fingerprint density at radius 3 is 2.65 bits per heavy atom. The average Bonchev–Trinajstić information content (AvgIpc) is 2.96. The second-order valence-corrected chi connectivity index (χ2v) is 7.46. The van der Waals surface area contributed by atoms with Crippen LogP contribution in [0.15, 0.2) is 59.6 Å². The molecule has 0 bridgehead atoms. The summed E-state index contributed by atoms with van der Waals surface area (Å²) in [6.45, 7) is 0. The molecule has 0 saturated carbocycles. The number of hydrogen-bond acceptors (Lipinski definition) is 3. The molecule has 0 amide bonds. The fourth-order valence-corrected chi connectivity index (χ4v) is 4.70. The van der Waals surface area contributed by atoms with Crippen LogP contribution >= 0.6 is 0 Å². The van der Waals surface area contributed by atoms with E-state index in [0.717, 1.165) is 16.5 Å². The fourth-order valence-electron chi connectivity index (χ4n) is 3.20. The number of aromatic nitrogens is 1. The van der Waals surface area contributed by atoms with Crippen LogP contribution in [0.2, 0.25) is 0 Å². The van der Waals surface area contributed by atoms with Gasteiger partial charge in [-0.1, -0.05) is 36.4 Å². The number of aliphatic hydroxyl groups is 1. The van der Waals surface area contributed by atoms with E-state index in [1.54, 1.807) is 18.2 Å². The molecule has 0 aliphatic carbocycles. The number of fused-ring (bicyclic) bond motifs is 2. The Bertz CT molecular complexity index is 978. The van der Waals surface area contributed by atoms with Crippen molar-refractivity contribution < 1.29 is 13.5 Å². The Morgan fingerprint density at radius 1 is 1.04 bits per heavy atom. The maximum absolute atomic E-state index is 12.4. The summed E-state index contributed by atoms with van der Waals surface area (Å²) in [5, 5.41) is 11.6. The van der Waals surface area contributed by atoms with Crippen LogP contribution < -0.4 is 4.72 Å². The van der Waals surface area contributed by atoms with Gasteiger partial charge in [0.05, 0.1) is 17.0 Å². The molecule has 2 heterocycles. The minimum Gasteiger partial charge on any atom is -0.387 e. The third kappa shape index (κ3) is 2.35. The quantitative estimate of drug-likeness (QED) is 0.674. The van der Waals surface area contributed by atoms with Crippen molar-refractivity contribution in [3.05, 3.63) is 65.9 Å². The van der Waals surface area contributed by atoms with Gasteiger partial charge >= 0.3 is 0 Å². The third-order valence-corrected chi connectivity index (χ3v) is 5.89. The predicted molar refractivity (Wildman–Crippen MR) is 87.5 cm³/mol. The zero-order valence-corrected chi connectivity index (χ0v) is 13.0. The van der Waals surface area contributed by atoms with E-state index in [1.165, 1.54) is 6.07 Å². The molecule has 5 nitrogen and oxygen atoms in total. The highest BCUT2D eigenvalue weighted by atomic mass is 32.2. The summed E-state index contributed by atoms with van der Waals surface area (Å²) >= 11 is 0. The lowest BCUT2D eigenvalue weighted by molar-refractivity contribution is 0.132. The van der Waals surface area contributed by atoms with Gasteiger partial charge in [0.25, 0.3) is 0 Å². The van der Waals surface area contributed by atoms with Crippen molar-refractivity contribution in [1.82, 2.24) is 9.71 Å². The summed E-state index contributed by atoms with van der Waals surface area (Å²) in [4.78, 5) is 3.33. The van der Waals surface area contributed by atoms with Gasteiger partial charge in [-0.2, -0.15) is 0 Å². The summed E-state index contributed by atoms with van der Waals surface area (Å²) in [6.07, 6.45) is 1.41. The molecular weight excluding hydrogens is 312 g/mol. The van der Waals surface area contributed by atoms with Gasteiger partial charge in [0.15, 0.2) is 0 Å². The van der Waals surface area contributed by atoms with Crippen LogP contribution in [-0.2, 0) is 16.4 Å². The summed E-state index contributed by atoms with van der Waals surface area (Å²) in [7, 11) is -3.60. The second-order valence-electron chi connectivity index (χ2n) is 5.77. The number of aromatic amines is 1. The predicted octanol–water partition coefficient (Wildman–Crippen LogP) is 2.10. The van der Waals surface area contributed by atoms with Crippen LogP contribution in [0.25, 0.3) is 10.9 Å². The van der Waals surface area contributed by atoms with Crippen molar-refractivity contribution in [1.29, 1.82) is 0 Å². The third-order valence-electron chi connectivity index (χ3n) is 4.33. The number of para-hydroxylation sites is 1. The molecule has 4 rings (SSSR count). The van der Waals surface area contributed by atoms with Gasteiger partial charge in [-0.25, -0.2) is 13.1 Å². The van der Waals surface area contributed by atoms with Crippen LogP contribution in [0.3, 0.4) is 0 Å². The molecule has 0 radical (unpaired) electrons. The fraction of sp³-hybridized carbons (Fsp3) is 0.176. The molecule has 0 spiro atoms. The van der Waals surface area contributed by atoms with E-state index in [4.69, 9.17) is 0 Å². The molecule has 0 fully saturated rings. The first kappa shape index (κ1) is 14.4. The largest absolute Gasteiger partial charge is 0.387 e. The summed E-state index contributed by atoms with van der Waals surface area (Å²) in [5.74, 6) is 0. The van der Waals surface area contributed by atoms with E-state index in [9.17, 15) is 13.5 Å². The van der Waals surface area contributed by atoms with Gasteiger partial charge in [0, 0.05) is 22.7 Å². The number of rotatable bonds is 2.